The minimum absolute atomic E-state index is 0.0459. The van der Waals surface area contributed by atoms with Crippen molar-refractivity contribution in [3.63, 3.8) is 0 Å². The smallest absolute Gasteiger partial charge is 0.146 e. The van der Waals surface area contributed by atoms with Crippen molar-refractivity contribution in [1.82, 2.24) is 0 Å². The van der Waals surface area contributed by atoms with Crippen LogP contribution < -0.4 is 0 Å². The Morgan fingerprint density at radius 3 is 2.76 bits per heavy atom. The van der Waals surface area contributed by atoms with Gasteiger partial charge in [0, 0.05) is 5.56 Å². The van der Waals surface area contributed by atoms with Gasteiger partial charge in [-0.05, 0) is 19.9 Å². The molecule has 0 radical (unpaired) electrons. The first-order valence-corrected chi connectivity index (χ1v) is 5.52. The number of hydrogen-bond acceptors (Lipinski definition) is 3. The average molecular weight is 237 g/mol. The molecule has 0 saturated carbocycles. The third kappa shape index (κ3) is 4.51. The Morgan fingerprint density at radius 2 is 2.12 bits per heavy atom. The number of ether oxygens (including phenoxy) is 2. The van der Waals surface area contributed by atoms with Crippen LogP contribution in [0, 0.1) is 17.1 Å². The molecule has 0 aliphatic rings. The lowest BCUT2D eigenvalue weighted by atomic mass is 10.1. The van der Waals surface area contributed by atoms with Gasteiger partial charge in [-0.15, -0.1) is 0 Å². The fraction of sp³-hybridized carbons (Fsp3) is 0.462. The van der Waals surface area contributed by atoms with E-state index in [0.717, 1.165) is 0 Å². The molecule has 92 valence electrons. The molecule has 0 aliphatic heterocycles. The van der Waals surface area contributed by atoms with Crippen LogP contribution in [0.4, 0.5) is 4.39 Å². The van der Waals surface area contributed by atoms with E-state index in [4.69, 9.17) is 14.7 Å². The fourth-order valence-corrected chi connectivity index (χ4v) is 1.30. The highest BCUT2D eigenvalue weighted by atomic mass is 19.1. The van der Waals surface area contributed by atoms with Crippen LogP contribution >= 0.6 is 0 Å². The van der Waals surface area contributed by atoms with Gasteiger partial charge in [-0.1, -0.05) is 12.1 Å². The summed E-state index contributed by atoms with van der Waals surface area (Å²) in [5, 5.41) is 8.66. The van der Waals surface area contributed by atoms with E-state index in [1.54, 1.807) is 18.2 Å². The third-order valence-electron chi connectivity index (χ3n) is 2.14. The maximum Gasteiger partial charge on any atom is 0.146 e. The van der Waals surface area contributed by atoms with Crippen LogP contribution in [0.1, 0.15) is 25.0 Å². The Morgan fingerprint density at radius 1 is 1.35 bits per heavy atom. The van der Waals surface area contributed by atoms with Crippen molar-refractivity contribution in [3.8, 4) is 6.07 Å². The number of nitriles is 1. The molecule has 4 heteroatoms. The van der Waals surface area contributed by atoms with E-state index in [1.807, 2.05) is 13.8 Å². The van der Waals surface area contributed by atoms with E-state index in [9.17, 15) is 4.39 Å². The highest BCUT2D eigenvalue weighted by Crippen LogP contribution is 2.12. The maximum atomic E-state index is 13.6. The monoisotopic (exact) mass is 237 g/mol. The van der Waals surface area contributed by atoms with Crippen LogP contribution in [0.15, 0.2) is 18.2 Å². The topological polar surface area (TPSA) is 42.2 Å². The lowest BCUT2D eigenvalue weighted by molar-refractivity contribution is 0.0137. The number of halogens is 1. The molecular weight excluding hydrogens is 221 g/mol. The van der Waals surface area contributed by atoms with E-state index in [1.165, 1.54) is 6.07 Å². The Labute approximate surface area is 101 Å². The van der Waals surface area contributed by atoms with Gasteiger partial charge in [0.25, 0.3) is 0 Å². The number of nitrogens with zero attached hydrogens (tertiary/aromatic N) is 1. The van der Waals surface area contributed by atoms with E-state index >= 15 is 0 Å². The normalized spacial score (nSPS) is 10.5. The van der Waals surface area contributed by atoms with Crippen molar-refractivity contribution in [2.45, 2.75) is 26.6 Å². The van der Waals surface area contributed by atoms with Crippen LogP contribution in [0.25, 0.3) is 0 Å². The van der Waals surface area contributed by atoms with Gasteiger partial charge in [0.15, 0.2) is 0 Å². The van der Waals surface area contributed by atoms with E-state index in [0.29, 0.717) is 18.8 Å². The van der Waals surface area contributed by atoms with Crippen molar-refractivity contribution in [3.05, 3.63) is 35.1 Å². The molecule has 0 amide bonds. The van der Waals surface area contributed by atoms with Crippen molar-refractivity contribution in [2.75, 3.05) is 13.2 Å². The van der Waals surface area contributed by atoms with Crippen molar-refractivity contribution < 1.29 is 13.9 Å². The maximum absolute atomic E-state index is 13.6. The van der Waals surface area contributed by atoms with Crippen molar-refractivity contribution in [2.24, 2.45) is 0 Å². The summed E-state index contributed by atoms with van der Waals surface area (Å²) in [6.07, 6.45) is 0.164. The lowest BCUT2D eigenvalue weighted by Crippen LogP contribution is -2.10. The molecular formula is C13H16FNO2. The van der Waals surface area contributed by atoms with Crippen molar-refractivity contribution in [1.29, 1.82) is 5.26 Å². The quantitative estimate of drug-likeness (QED) is 0.714. The van der Waals surface area contributed by atoms with Gasteiger partial charge in [0.05, 0.1) is 31.5 Å². The minimum atomic E-state index is -0.500. The molecule has 0 atom stereocenters. The molecule has 17 heavy (non-hydrogen) atoms. The second kappa shape index (κ2) is 7.00. The second-order valence-electron chi connectivity index (χ2n) is 3.86. The Kier molecular flexibility index (Phi) is 5.61. The average Bonchev–Trinajstić information content (AvgIpc) is 2.30. The molecule has 0 fully saturated rings. The Bertz CT molecular complexity index is 399. The highest BCUT2D eigenvalue weighted by Gasteiger charge is 2.07. The van der Waals surface area contributed by atoms with Crippen molar-refractivity contribution >= 4 is 0 Å². The first-order chi connectivity index (χ1) is 8.15. The van der Waals surface area contributed by atoms with Gasteiger partial charge in [0.2, 0.25) is 0 Å². The summed E-state index contributed by atoms with van der Waals surface area (Å²) in [7, 11) is 0. The second-order valence-corrected chi connectivity index (χ2v) is 3.86. The number of rotatable bonds is 6. The molecule has 0 spiro atoms. The Hall–Kier alpha value is -1.44. The zero-order valence-corrected chi connectivity index (χ0v) is 10.1. The standard InChI is InChI=1S/C13H16FNO2/c1-10(2)17-7-6-16-9-12-5-3-4-11(8-15)13(12)14/h3-5,10H,6-7,9H2,1-2H3. The van der Waals surface area contributed by atoms with E-state index < -0.39 is 5.82 Å². The summed E-state index contributed by atoms with van der Waals surface area (Å²) >= 11 is 0. The molecule has 1 aromatic rings. The van der Waals surface area contributed by atoms with Gasteiger partial charge in [-0.3, -0.25) is 0 Å². The lowest BCUT2D eigenvalue weighted by Gasteiger charge is -2.08. The fourth-order valence-electron chi connectivity index (χ4n) is 1.30. The SMILES string of the molecule is CC(C)OCCOCc1cccc(C#N)c1F. The predicted octanol–water partition coefficient (Wildman–Crippen LogP) is 2.64. The molecule has 1 rings (SSSR count). The van der Waals surface area contributed by atoms with Crippen LogP contribution in [0.5, 0.6) is 0 Å². The largest absolute Gasteiger partial charge is 0.376 e. The van der Waals surface area contributed by atoms with Gasteiger partial charge < -0.3 is 9.47 Å². The molecule has 0 unspecified atom stereocenters. The first kappa shape index (κ1) is 13.6. The molecule has 0 bridgehead atoms. The van der Waals surface area contributed by atoms with Crippen LogP contribution in [0.2, 0.25) is 0 Å². The Balaban J connectivity index is 2.40. The zero-order valence-electron chi connectivity index (χ0n) is 10.1. The molecule has 1 aromatic carbocycles. The van der Waals surface area contributed by atoms with Gasteiger partial charge in [-0.2, -0.15) is 5.26 Å². The predicted molar refractivity (Wildman–Crippen MR) is 61.9 cm³/mol. The molecule has 0 heterocycles. The van der Waals surface area contributed by atoms with Crippen LogP contribution in [-0.2, 0) is 16.1 Å². The summed E-state index contributed by atoms with van der Waals surface area (Å²) < 4.78 is 24.1. The number of benzene rings is 1. The zero-order chi connectivity index (χ0) is 12.7. The number of hydrogen-bond donors (Lipinski definition) is 0. The van der Waals surface area contributed by atoms with Crippen LogP contribution in [-0.4, -0.2) is 19.3 Å². The summed E-state index contributed by atoms with van der Waals surface area (Å²) in [6, 6.07) is 6.50. The molecule has 0 aliphatic carbocycles. The first-order valence-electron chi connectivity index (χ1n) is 5.52. The van der Waals surface area contributed by atoms with E-state index in [-0.39, 0.29) is 18.3 Å². The summed E-state index contributed by atoms with van der Waals surface area (Å²) in [4.78, 5) is 0. The molecule has 0 aromatic heterocycles. The summed E-state index contributed by atoms with van der Waals surface area (Å²) in [5.74, 6) is -0.500. The third-order valence-corrected chi connectivity index (χ3v) is 2.14. The highest BCUT2D eigenvalue weighted by molar-refractivity contribution is 5.34. The molecule has 0 N–H and O–H groups in total. The van der Waals surface area contributed by atoms with Gasteiger partial charge in [-0.25, -0.2) is 4.39 Å². The minimum Gasteiger partial charge on any atom is -0.376 e. The molecule has 0 saturated heterocycles. The summed E-state index contributed by atoms with van der Waals surface area (Å²) in [6.45, 7) is 4.93. The van der Waals surface area contributed by atoms with E-state index in [2.05, 4.69) is 0 Å². The van der Waals surface area contributed by atoms with Gasteiger partial charge in [0.1, 0.15) is 11.9 Å². The van der Waals surface area contributed by atoms with Crippen LogP contribution in [0.3, 0.4) is 0 Å². The van der Waals surface area contributed by atoms with Gasteiger partial charge >= 0.3 is 0 Å². The molecule has 3 nitrogen and oxygen atoms in total. The summed E-state index contributed by atoms with van der Waals surface area (Å²) in [5.41, 5.74) is 0.443.